The summed E-state index contributed by atoms with van der Waals surface area (Å²) < 4.78 is 5.14. The largest absolute Gasteiger partial charge is 0.497 e. The van der Waals surface area contributed by atoms with Crippen LogP contribution in [0.3, 0.4) is 0 Å². The number of hydrogen-bond acceptors (Lipinski definition) is 1. The first kappa shape index (κ1) is 12.0. The topological polar surface area (TPSA) is 9.23 Å². The van der Waals surface area contributed by atoms with E-state index in [1.807, 2.05) is 12.1 Å². The Morgan fingerprint density at radius 2 is 1.88 bits per heavy atom. The van der Waals surface area contributed by atoms with Gasteiger partial charge < -0.3 is 4.74 Å². The van der Waals surface area contributed by atoms with E-state index in [9.17, 15) is 0 Å². The van der Waals surface area contributed by atoms with Crippen molar-refractivity contribution in [2.24, 2.45) is 11.8 Å². The quantitative estimate of drug-likeness (QED) is 0.698. The van der Waals surface area contributed by atoms with Gasteiger partial charge in [0.2, 0.25) is 0 Å². The summed E-state index contributed by atoms with van der Waals surface area (Å²) in [5.41, 5.74) is 1.24. The highest BCUT2D eigenvalue weighted by Gasteiger charge is 2.19. The van der Waals surface area contributed by atoms with Crippen LogP contribution in [0.5, 0.6) is 5.75 Å². The van der Waals surface area contributed by atoms with Crippen LogP contribution in [-0.2, 0) is 0 Å². The van der Waals surface area contributed by atoms with Crippen LogP contribution in [0, 0.1) is 11.8 Å². The standard InChI is InChI=1S/C16H20O/c1-3-13-4-6-15(12-13)7-5-14-8-10-16(17-2)11-9-14/h3,5,7-11,13,15H,1,4,6,12H2,2H3/b7-5+. The van der Waals surface area contributed by atoms with Crippen molar-refractivity contribution in [3.8, 4) is 5.75 Å². The minimum absolute atomic E-state index is 0.722. The molecule has 1 aliphatic carbocycles. The van der Waals surface area contributed by atoms with Crippen molar-refractivity contribution in [1.82, 2.24) is 0 Å². The first-order chi connectivity index (χ1) is 8.31. The average Bonchev–Trinajstić information content (AvgIpc) is 2.85. The highest BCUT2D eigenvalue weighted by molar-refractivity contribution is 5.50. The number of allylic oxidation sites excluding steroid dienone is 2. The summed E-state index contributed by atoms with van der Waals surface area (Å²) in [5, 5.41) is 0. The molecule has 17 heavy (non-hydrogen) atoms. The van der Waals surface area contributed by atoms with Gasteiger partial charge in [0.15, 0.2) is 0 Å². The van der Waals surface area contributed by atoms with Crippen LogP contribution in [0.2, 0.25) is 0 Å². The van der Waals surface area contributed by atoms with Gasteiger partial charge in [-0.15, -0.1) is 6.58 Å². The molecule has 0 bridgehead atoms. The van der Waals surface area contributed by atoms with Crippen molar-refractivity contribution in [2.45, 2.75) is 19.3 Å². The summed E-state index contributed by atoms with van der Waals surface area (Å²) in [6.07, 6.45) is 10.5. The third kappa shape index (κ3) is 3.23. The molecule has 0 amide bonds. The molecular formula is C16H20O. The van der Waals surface area contributed by atoms with E-state index in [0.29, 0.717) is 0 Å². The number of methoxy groups -OCH3 is 1. The Kier molecular flexibility index (Phi) is 4.03. The maximum absolute atomic E-state index is 5.14. The molecule has 1 aliphatic rings. The molecular weight excluding hydrogens is 208 g/mol. The highest BCUT2D eigenvalue weighted by Crippen LogP contribution is 2.32. The molecule has 2 unspecified atom stereocenters. The molecule has 1 aromatic rings. The molecule has 0 spiro atoms. The van der Waals surface area contributed by atoms with Gasteiger partial charge in [-0.05, 0) is 48.8 Å². The Hall–Kier alpha value is -1.50. The summed E-state index contributed by atoms with van der Waals surface area (Å²) in [5.74, 6) is 2.36. The SMILES string of the molecule is C=CC1CCC(/C=C/c2ccc(OC)cc2)C1. The monoisotopic (exact) mass is 228 g/mol. The zero-order valence-electron chi connectivity index (χ0n) is 10.4. The maximum Gasteiger partial charge on any atom is 0.118 e. The van der Waals surface area contributed by atoms with Gasteiger partial charge in [-0.25, -0.2) is 0 Å². The van der Waals surface area contributed by atoms with Crippen molar-refractivity contribution < 1.29 is 4.74 Å². The fourth-order valence-electron chi connectivity index (χ4n) is 2.40. The van der Waals surface area contributed by atoms with Crippen molar-refractivity contribution in [3.63, 3.8) is 0 Å². The number of ether oxygens (including phenoxy) is 1. The maximum atomic E-state index is 5.14. The first-order valence-electron chi connectivity index (χ1n) is 6.26. The lowest BCUT2D eigenvalue weighted by molar-refractivity contribution is 0.415. The zero-order valence-corrected chi connectivity index (χ0v) is 10.4. The Labute approximate surface area is 104 Å². The summed E-state index contributed by atoms with van der Waals surface area (Å²) in [4.78, 5) is 0. The van der Waals surface area contributed by atoms with E-state index in [2.05, 4.69) is 36.9 Å². The number of rotatable bonds is 4. The molecule has 0 N–H and O–H groups in total. The summed E-state index contributed by atoms with van der Waals surface area (Å²) in [7, 11) is 1.69. The van der Waals surface area contributed by atoms with Gasteiger partial charge in [-0.2, -0.15) is 0 Å². The van der Waals surface area contributed by atoms with Crippen LogP contribution in [0.4, 0.5) is 0 Å². The molecule has 0 aromatic heterocycles. The summed E-state index contributed by atoms with van der Waals surface area (Å²) in [6.45, 7) is 3.88. The fraction of sp³-hybridized carbons (Fsp3) is 0.375. The third-order valence-corrected chi connectivity index (χ3v) is 3.52. The smallest absolute Gasteiger partial charge is 0.118 e. The van der Waals surface area contributed by atoms with E-state index in [-0.39, 0.29) is 0 Å². The van der Waals surface area contributed by atoms with Crippen LogP contribution >= 0.6 is 0 Å². The molecule has 2 atom stereocenters. The van der Waals surface area contributed by atoms with E-state index in [0.717, 1.165) is 17.6 Å². The van der Waals surface area contributed by atoms with Gasteiger partial charge in [-0.3, -0.25) is 0 Å². The van der Waals surface area contributed by atoms with E-state index >= 15 is 0 Å². The van der Waals surface area contributed by atoms with Gasteiger partial charge in [0, 0.05) is 0 Å². The molecule has 1 nitrogen and oxygen atoms in total. The van der Waals surface area contributed by atoms with E-state index in [1.165, 1.54) is 24.8 Å². The van der Waals surface area contributed by atoms with Crippen molar-refractivity contribution in [2.75, 3.05) is 7.11 Å². The number of hydrogen-bond donors (Lipinski definition) is 0. The van der Waals surface area contributed by atoms with Crippen molar-refractivity contribution in [1.29, 1.82) is 0 Å². The molecule has 1 fully saturated rings. The van der Waals surface area contributed by atoms with Crippen LogP contribution in [0.25, 0.3) is 6.08 Å². The molecule has 0 heterocycles. The van der Waals surface area contributed by atoms with Gasteiger partial charge in [0.25, 0.3) is 0 Å². The Bertz CT molecular complexity index is 388. The van der Waals surface area contributed by atoms with Crippen LogP contribution in [-0.4, -0.2) is 7.11 Å². The zero-order chi connectivity index (χ0) is 12.1. The highest BCUT2D eigenvalue weighted by atomic mass is 16.5. The van der Waals surface area contributed by atoms with E-state index < -0.39 is 0 Å². The van der Waals surface area contributed by atoms with Gasteiger partial charge in [0.1, 0.15) is 5.75 Å². The minimum atomic E-state index is 0.722. The predicted octanol–water partition coefficient (Wildman–Crippen LogP) is 4.31. The van der Waals surface area contributed by atoms with Crippen LogP contribution in [0.15, 0.2) is 43.0 Å². The normalized spacial score (nSPS) is 24.1. The van der Waals surface area contributed by atoms with E-state index in [4.69, 9.17) is 4.74 Å². The van der Waals surface area contributed by atoms with E-state index in [1.54, 1.807) is 7.11 Å². The molecule has 1 saturated carbocycles. The van der Waals surface area contributed by atoms with Crippen molar-refractivity contribution in [3.05, 3.63) is 48.6 Å². The average molecular weight is 228 g/mol. The summed E-state index contributed by atoms with van der Waals surface area (Å²) in [6, 6.07) is 8.19. The molecule has 2 rings (SSSR count). The molecule has 90 valence electrons. The second-order valence-electron chi connectivity index (χ2n) is 4.70. The lowest BCUT2D eigenvalue weighted by Crippen LogP contribution is -1.89. The lowest BCUT2D eigenvalue weighted by Gasteiger charge is -2.03. The Morgan fingerprint density at radius 3 is 2.47 bits per heavy atom. The number of benzene rings is 1. The minimum Gasteiger partial charge on any atom is -0.497 e. The van der Waals surface area contributed by atoms with Crippen molar-refractivity contribution >= 4 is 6.08 Å². The molecule has 1 heteroatoms. The van der Waals surface area contributed by atoms with Crippen LogP contribution in [0.1, 0.15) is 24.8 Å². The van der Waals surface area contributed by atoms with Crippen LogP contribution < -0.4 is 4.74 Å². The Balaban J connectivity index is 1.93. The Morgan fingerprint density at radius 1 is 1.18 bits per heavy atom. The second kappa shape index (κ2) is 5.72. The van der Waals surface area contributed by atoms with Gasteiger partial charge in [-0.1, -0.05) is 30.4 Å². The molecule has 0 radical (unpaired) electrons. The second-order valence-corrected chi connectivity index (χ2v) is 4.70. The van der Waals surface area contributed by atoms with Gasteiger partial charge in [0.05, 0.1) is 7.11 Å². The molecule has 0 aliphatic heterocycles. The fourth-order valence-corrected chi connectivity index (χ4v) is 2.40. The lowest BCUT2D eigenvalue weighted by atomic mass is 10.0. The summed E-state index contributed by atoms with van der Waals surface area (Å²) >= 11 is 0. The van der Waals surface area contributed by atoms with Gasteiger partial charge >= 0.3 is 0 Å². The third-order valence-electron chi connectivity index (χ3n) is 3.52. The predicted molar refractivity (Wildman–Crippen MR) is 73.1 cm³/mol. The molecule has 0 saturated heterocycles. The first-order valence-corrected chi connectivity index (χ1v) is 6.26. The molecule has 1 aromatic carbocycles.